The topological polar surface area (TPSA) is 118 Å². The Morgan fingerprint density at radius 2 is 1.97 bits per heavy atom. The van der Waals surface area contributed by atoms with Crippen molar-refractivity contribution in [1.29, 1.82) is 0 Å². The quantitative estimate of drug-likeness (QED) is 0.506. The molecule has 31 heavy (non-hydrogen) atoms. The number of halogens is 1. The summed E-state index contributed by atoms with van der Waals surface area (Å²) in [4.78, 5) is 29.9. The highest BCUT2D eigenvalue weighted by Gasteiger charge is 2.27. The van der Waals surface area contributed by atoms with Gasteiger partial charge in [-0.15, -0.1) is 0 Å². The molecule has 1 saturated carbocycles. The van der Waals surface area contributed by atoms with Crippen molar-refractivity contribution in [3.63, 3.8) is 0 Å². The molecule has 8 heteroatoms. The fourth-order valence-corrected chi connectivity index (χ4v) is 3.85. The third-order valence-corrected chi connectivity index (χ3v) is 5.62. The fourth-order valence-electron chi connectivity index (χ4n) is 3.85. The number of nitrogens with two attached hydrogens (primary N) is 1. The molecule has 2 aromatic heterocycles. The van der Waals surface area contributed by atoms with Gasteiger partial charge >= 0.3 is 0 Å². The van der Waals surface area contributed by atoms with E-state index in [9.17, 15) is 24.2 Å². The second kappa shape index (κ2) is 8.56. The van der Waals surface area contributed by atoms with Crippen molar-refractivity contribution in [3.8, 4) is 0 Å². The summed E-state index contributed by atoms with van der Waals surface area (Å²) in [7, 11) is 0. The number of nitrogens with zero attached hydrogens (tertiary/aromatic N) is 2. The first kappa shape index (κ1) is 21.1. The van der Waals surface area contributed by atoms with Gasteiger partial charge < -0.3 is 20.5 Å². The molecule has 0 aliphatic heterocycles. The van der Waals surface area contributed by atoms with Gasteiger partial charge in [0.05, 0.1) is 23.7 Å². The van der Waals surface area contributed by atoms with E-state index >= 15 is 0 Å². The van der Waals surface area contributed by atoms with E-state index in [1.165, 1.54) is 12.1 Å². The molecule has 1 amide bonds. The predicted octanol–water partition coefficient (Wildman–Crippen LogP) is 1.53. The van der Waals surface area contributed by atoms with Crippen molar-refractivity contribution < 1.29 is 19.4 Å². The molecule has 162 valence electrons. The zero-order chi connectivity index (χ0) is 22.1. The molecule has 0 radical (unpaired) electrons. The highest BCUT2D eigenvalue weighted by Crippen LogP contribution is 2.32. The predicted molar refractivity (Wildman–Crippen MR) is 113 cm³/mol. The van der Waals surface area contributed by atoms with Gasteiger partial charge in [-0.25, -0.2) is 4.39 Å². The number of aliphatic hydroxyl groups excluding tert-OH is 2. The van der Waals surface area contributed by atoms with Crippen LogP contribution in [0.4, 0.5) is 4.39 Å². The Morgan fingerprint density at radius 1 is 1.26 bits per heavy atom. The summed E-state index contributed by atoms with van der Waals surface area (Å²) in [5, 5.41) is 19.3. The first-order chi connectivity index (χ1) is 14.9. The lowest BCUT2D eigenvalue weighted by Crippen LogP contribution is -2.34. The lowest BCUT2D eigenvalue weighted by atomic mass is 9.98. The number of hydrogen-bond acceptors (Lipinski definition) is 5. The molecule has 7 nitrogen and oxygen atoms in total. The summed E-state index contributed by atoms with van der Waals surface area (Å²) in [6, 6.07) is 8.00. The van der Waals surface area contributed by atoms with Crippen LogP contribution in [0.3, 0.4) is 0 Å². The van der Waals surface area contributed by atoms with Gasteiger partial charge in [0.2, 0.25) is 0 Å². The molecule has 1 aromatic carbocycles. The Morgan fingerprint density at radius 3 is 2.58 bits per heavy atom. The number of amides is 1. The molecule has 3 aromatic rings. The number of aromatic nitrogens is 2. The minimum atomic E-state index is -1.15. The zero-order valence-electron chi connectivity index (χ0n) is 16.9. The van der Waals surface area contributed by atoms with Gasteiger partial charge in [-0.2, -0.15) is 0 Å². The van der Waals surface area contributed by atoms with Crippen molar-refractivity contribution in [1.82, 2.24) is 9.55 Å². The number of pyridine rings is 2. The second-order valence-corrected chi connectivity index (χ2v) is 8.13. The Labute approximate surface area is 178 Å². The summed E-state index contributed by atoms with van der Waals surface area (Å²) in [6.07, 6.45) is 2.88. The Kier molecular flexibility index (Phi) is 5.84. The van der Waals surface area contributed by atoms with E-state index in [1.54, 1.807) is 22.9 Å². The molecule has 4 rings (SSSR count). The van der Waals surface area contributed by atoms with Crippen LogP contribution in [0.2, 0.25) is 0 Å². The molecule has 1 aliphatic carbocycles. The summed E-state index contributed by atoms with van der Waals surface area (Å²) < 4.78 is 14.8. The number of benzene rings is 1. The first-order valence-corrected chi connectivity index (χ1v) is 10.2. The van der Waals surface area contributed by atoms with Crippen LogP contribution in [-0.4, -0.2) is 38.4 Å². The normalized spacial score (nSPS) is 14.7. The highest BCUT2D eigenvalue weighted by atomic mass is 19.1. The van der Waals surface area contributed by atoms with E-state index in [0.717, 1.165) is 24.0 Å². The summed E-state index contributed by atoms with van der Waals surface area (Å²) >= 11 is 0. The molecule has 4 N–H and O–H groups in total. The van der Waals surface area contributed by atoms with Gasteiger partial charge in [-0.05, 0) is 54.5 Å². The summed E-state index contributed by atoms with van der Waals surface area (Å²) in [6.45, 7) is -0.0619. The van der Waals surface area contributed by atoms with E-state index in [-0.39, 0.29) is 23.4 Å². The third-order valence-electron chi connectivity index (χ3n) is 5.62. The standard InChI is InChI=1S/C23H24FN3O4/c24-16-5-3-13(4-6-16)7-15-8-19-21(26-10-15)18(9-17(29)12-28)20(22(25)30)23(31)27(19)11-14-1-2-14/h3-6,8,10,14,17,28-29H,1-2,7,9,11-12H2,(H2,25,30). The van der Waals surface area contributed by atoms with Gasteiger partial charge in [0.1, 0.15) is 11.4 Å². The number of fused-ring (bicyclic) bond motifs is 1. The van der Waals surface area contributed by atoms with Gasteiger partial charge in [-0.1, -0.05) is 12.1 Å². The average Bonchev–Trinajstić information content (AvgIpc) is 3.56. The molecule has 0 bridgehead atoms. The van der Waals surface area contributed by atoms with Crippen LogP contribution in [-0.2, 0) is 19.4 Å². The Balaban J connectivity index is 1.89. The monoisotopic (exact) mass is 425 g/mol. The summed E-state index contributed by atoms with van der Waals surface area (Å²) in [5.41, 5.74) is 7.75. The largest absolute Gasteiger partial charge is 0.394 e. The van der Waals surface area contributed by atoms with E-state index in [1.807, 2.05) is 6.07 Å². The zero-order valence-corrected chi connectivity index (χ0v) is 16.9. The fraction of sp³-hybridized carbons (Fsp3) is 0.348. The molecule has 1 unspecified atom stereocenters. The number of rotatable bonds is 8. The van der Waals surface area contributed by atoms with Gasteiger partial charge in [-0.3, -0.25) is 14.6 Å². The lowest BCUT2D eigenvalue weighted by molar-refractivity contribution is 0.0941. The molecule has 1 fully saturated rings. The maximum atomic E-state index is 13.2. The van der Waals surface area contributed by atoms with Gasteiger partial charge in [0.15, 0.2) is 0 Å². The van der Waals surface area contributed by atoms with Crippen molar-refractivity contribution in [3.05, 3.63) is 75.0 Å². The number of carbonyl (C=O) groups excluding carboxylic acids is 1. The lowest BCUT2D eigenvalue weighted by Gasteiger charge is -2.18. The van der Waals surface area contributed by atoms with E-state index < -0.39 is 24.2 Å². The van der Waals surface area contributed by atoms with Gasteiger partial charge in [0.25, 0.3) is 11.5 Å². The number of aliphatic hydroxyl groups is 2. The van der Waals surface area contributed by atoms with Crippen LogP contribution in [0.15, 0.2) is 41.3 Å². The smallest absolute Gasteiger partial charge is 0.264 e. The maximum Gasteiger partial charge on any atom is 0.264 e. The number of hydrogen-bond donors (Lipinski definition) is 3. The Bertz CT molecular complexity index is 1190. The van der Waals surface area contributed by atoms with Crippen molar-refractivity contribution in [2.45, 2.75) is 38.3 Å². The molecule has 1 atom stereocenters. The number of carbonyl (C=O) groups is 1. The van der Waals surface area contributed by atoms with Crippen LogP contribution in [0, 0.1) is 11.7 Å². The molecule has 2 heterocycles. The SMILES string of the molecule is NC(=O)c1c(CC(O)CO)c2ncc(Cc3ccc(F)cc3)cc2n(CC2CC2)c1=O. The minimum absolute atomic E-state index is 0.116. The number of primary amides is 1. The highest BCUT2D eigenvalue weighted by molar-refractivity contribution is 5.98. The minimum Gasteiger partial charge on any atom is -0.394 e. The van der Waals surface area contributed by atoms with Crippen LogP contribution in [0.5, 0.6) is 0 Å². The third kappa shape index (κ3) is 4.50. The molecule has 0 spiro atoms. The second-order valence-electron chi connectivity index (χ2n) is 8.13. The van der Waals surface area contributed by atoms with Crippen LogP contribution >= 0.6 is 0 Å². The van der Waals surface area contributed by atoms with E-state index in [4.69, 9.17) is 5.73 Å². The van der Waals surface area contributed by atoms with Crippen LogP contribution < -0.4 is 11.3 Å². The van der Waals surface area contributed by atoms with Crippen molar-refractivity contribution in [2.24, 2.45) is 11.7 Å². The molecule has 0 saturated heterocycles. The maximum absolute atomic E-state index is 13.2. The van der Waals surface area contributed by atoms with E-state index in [0.29, 0.717) is 29.9 Å². The van der Waals surface area contributed by atoms with Gasteiger partial charge in [0, 0.05) is 24.7 Å². The molecular weight excluding hydrogens is 401 g/mol. The van der Waals surface area contributed by atoms with Crippen LogP contribution in [0.1, 0.15) is 39.9 Å². The molecule has 1 aliphatic rings. The first-order valence-electron chi connectivity index (χ1n) is 10.2. The Hall–Kier alpha value is -3.10. The molecular formula is C23H24FN3O4. The van der Waals surface area contributed by atoms with Crippen molar-refractivity contribution in [2.75, 3.05) is 6.61 Å². The summed E-state index contributed by atoms with van der Waals surface area (Å²) in [5.74, 6) is -0.838. The van der Waals surface area contributed by atoms with E-state index in [2.05, 4.69) is 4.98 Å². The average molecular weight is 425 g/mol. The van der Waals surface area contributed by atoms with Crippen LogP contribution in [0.25, 0.3) is 11.0 Å². The van der Waals surface area contributed by atoms with Crippen molar-refractivity contribution >= 4 is 16.9 Å².